The van der Waals surface area contributed by atoms with Crippen LogP contribution in [0.5, 0.6) is 0 Å². The smallest absolute Gasteiger partial charge is 0.359 e. The average Bonchev–Trinajstić information content (AvgIpc) is 3.24. The fraction of sp³-hybridized carbons (Fsp3) is 0. The van der Waals surface area contributed by atoms with Crippen molar-refractivity contribution in [2.24, 2.45) is 4.90 Å². The third-order valence-electron chi connectivity index (χ3n) is 5.16. The van der Waals surface area contributed by atoms with E-state index in [2.05, 4.69) is 106 Å². The molecule has 0 radical (unpaired) electrons. The van der Waals surface area contributed by atoms with Gasteiger partial charge in [-0.05, 0) is 12.1 Å². The molecule has 0 spiro atoms. The van der Waals surface area contributed by atoms with Gasteiger partial charge in [-0.1, -0.05) is 90.2 Å². The summed E-state index contributed by atoms with van der Waals surface area (Å²) in [6.45, 7) is 0. The van der Waals surface area contributed by atoms with Gasteiger partial charge in [0.15, 0.2) is 5.84 Å². The molecule has 0 atom stereocenters. The molecule has 27 heavy (non-hydrogen) atoms. The normalized spacial score (nSPS) is 14.7. The van der Waals surface area contributed by atoms with E-state index in [9.17, 15) is 0 Å². The van der Waals surface area contributed by atoms with E-state index in [1.54, 1.807) is 11.3 Å². The van der Waals surface area contributed by atoms with Crippen molar-refractivity contribution >= 4 is 39.6 Å². The molecule has 2 heterocycles. The summed E-state index contributed by atoms with van der Waals surface area (Å²) in [6.07, 6.45) is 0.614. The maximum absolute atomic E-state index is 5.38. The summed E-state index contributed by atoms with van der Waals surface area (Å²) < 4.78 is 2.29. The Morgan fingerprint density at radius 1 is 0.741 bits per heavy atom. The molecule has 5 rings (SSSR count). The van der Waals surface area contributed by atoms with E-state index in [1.807, 2.05) is 6.07 Å². The number of thiazole rings is 1. The summed E-state index contributed by atoms with van der Waals surface area (Å²) >= 11 is 1.70. The molecule has 4 aromatic rings. The largest absolute Gasteiger partial charge is 0.407 e. The highest BCUT2D eigenvalue weighted by Gasteiger charge is 2.42. The Balaban J connectivity index is 1.84. The minimum absolute atomic E-state index is 0.908. The van der Waals surface area contributed by atoms with E-state index < -0.39 is 6.42 Å². The van der Waals surface area contributed by atoms with Crippen LogP contribution in [-0.2, 0) is 0 Å². The second-order valence-electron chi connectivity index (χ2n) is 6.68. The lowest BCUT2D eigenvalue weighted by Crippen LogP contribution is -2.79. The van der Waals surface area contributed by atoms with Gasteiger partial charge in [0.1, 0.15) is 0 Å². The summed E-state index contributed by atoms with van der Waals surface area (Å²) in [5.74, 6) is 0.908. The van der Waals surface area contributed by atoms with Crippen LogP contribution in [0, 0.1) is 0 Å². The summed E-state index contributed by atoms with van der Waals surface area (Å²) in [7, 11) is 0. The Labute approximate surface area is 162 Å². The van der Waals surface area contributed by atoms with Gasteiger partial charge >= 0.3 is 6.42 Å². The predicted molar refractivity (Wildman–Crippen MR) is 114 cm³/mol. The first-order chi connectivity index (χ1) is 13.4. The van der Waals surface area contributed by atoms with Gasteiger partial charge in [-0.25, -0.2) is 5.32 Å². The van der Waals surface area contributed by atoms with Crippen LogP contribution in [0.1, 0.15) is 5.56 Å². The summed E-state index contributed by atoms with van der Waals surface area (Å²) in [4.78, 5) is 5.38. The molecule has 1 N–H and O–H groups in total. The number of hydrogen-bond donors (Lipinski definition) is 1. The molecule has 1 aliphatic rings. The summed E-state index contributed by atoms with van der Waals surface area (Å²) in [5.41, 5.74) is 3.49. The Morgan fingerprint density at radius 3 is 1.89 bits per heavy atom. The number of nitrogens with zero attached hydrogens (tertiary/aromatic N) is 2. The standard InChI is InChI=1S/C22H18BN3S/c1-4-10-18(11-5-1)21-24-22-26(16-17-27-22)23(25-21,19-12-6-2-7-13-19)20-14-8-3-9-15-20/h1-17H,(H,24,25). The second-order valence-corrected chi connectivity index (χ2v) is 7.58. The van der Waals surface area contributed by atoms with Crippen LogP contribution in [0.2, 0.25) is 0 Å². The topological polar surface area (TPSA) is 28.3 Å². The first kappa shape index (κ1) is 16.0. The first-order valence-electron chi connectivity index (χ1n) is 9.05. The summed E-state index contributed by atoms with van der Waals surface area (Å²) in [6, 6.07) is 31.5. The van der Waals surface area contributed by atoms with E-state index in [0.29, 0.717) is 0 Å². The van der Waals surface area contributed by atoms with Crippen molar-refractivity contribution in [2.75, 3.05) is 5.32 Å². The number of aromatic nitrogens is 1. The Hall–Kier alpha value is -3.18. The quantitative estimate of drug-likeness (QED) is 0.554. The highest BCUT2D eigenvalue weighted by atomic mass is 32.1. The molecule has 3 nitrogen and oxygen atoms in total. The van der Waals surface area contributed by atoms with Crippen molar-refractivity contribution in [1.29, 1.82) is 0 Å². The summed E-state index contributed by atoms with van der Waals surface area (Å²) in [5, 5.41) is 6.75. The Bertz CT molecular complexity index is 1050. The van der Waals surface area contributed by atoms with Gasteiger partial charge in [0.25, 0.3) is 5.13 Å². The molecule has 0 amide bonds. The van der Waals surface area contributed by atoms with Gasteiger partial charge in [0, 0.05) is 10.9 Å². The highest BCUT2D eigenvalue weighted by Crippen LogP contribution is 2.21. The van der Waals surface area contributed by atoms with Crippen LogP contribution in [0.15, 0.2) is 107 Å². The molecule has 5 heteroatoms. The third kappa shape index (κ3) is 2.59. The third-order valence-corrected chi connectivity index (χ3v) is 5.95. The molecule has 1 aromatic heterocycles. The number of hydrogen-bond acceptors (Lipinski definition) is 3. The molecule has 0 aliphatic carbocycles. The second kappa shape index (κ2) is 6.52. The van der Waals surface area contributed by atoms with Gasteiger partial charge in [0.2, 0.25) is 0 Å². The molecule has 130 valence electrons. The molecular formula is C22H18BN3S. The average molecular weight is 367 g/mol. The predicted octanol–water partition coefficient (Wildman–Crippen LogP) is 3.01. The van der Waals surface area contributed by atoms with Crippen LogP contribution in [0.3, 0.4) is 0 Å². The minimum atomic E-state index is -1.52. The number of rotatable bonds is 3. The van der Waals surface area contributed by atoms with Crippen LogP contribution in [0.4, 0.5) is 5.13 Å². The molecule has 0 unspecified atom stereocenters. The zero-order valence-corrected chi connectivity index (χ0v) is 15.5. The van der Waals surface area contributed by atoms with Gasteiger partial charge in [-0.2, -0.15) is 0 Å². The van der Waals surface area contributed by atoms with Gasteiger partial charge in [-0.15, -0.1) is 10.9 Å². The van der Waals surface area contributed by atoms with Crippen molar-refractivity contribution in [3.8, 4) is 0 Å². The van der Waals surface area contributed by atoms with Crippen LogP contribution in [-0.4, -0.2) is 12.3 Å². The zero-order valence-electron chi connectivity index (χ0n) is 14.7. The van der Waals surface area contributed by atoms with Crippen molar-refractivity contribution in [3.63, 3.8) is 0 Å². The van der Waals surface area contributed by atoms with E-state index in [4.69, 9.17) is 4.90 Å². The van der Waals surface area contributed by atoms with Crippen molar-refractivity contribution < 1.29 is 4.48 Å². The lowest BCUT2D eigenvalue weighted by molar-refractivity contribution is -0.522. The number of nitrogens with one attached hydrogen (secondary N) is 1. The SMILES string of the molecule is c1ccc(C2=N[B-](c3ccccc3)(c3ccccc3)[n+]3ccsc3N2)cc1. The monoisotopic (exact) mass is 367 g/mol. The Kier molecular flexibility index (Phi) is 3.87. The van der Waals surface area contributed by atoms with E-state index in [-0.39, 0.29) is 0 Å². The first-order valence-corrected chi connectivity index (χ1v) is 9.93. The minimum Gasteiger partial charge on any atom is -0.407 e. The highest BCUT2D eigenvalue weighted by molar-refractivity contribution is 7.14. The zero-order chi connectivity index (χ0) is 18.1. The fourth-order valence-electron chi connectivity index (χ4n) is 3.91. The number of amidine groups is 1. The van der Waals surface area contributed by atoms with Crippen LogP contribution >= 0.6 is 11.3 Å². The lowest BCUT2D eigenvalue weighted by Gasteiger charge is -2.38. The van der Waals surface area contributed by atoms with Gasteiger partial charge < -0.3 is 9.38 Å². The van der Waals surface area contributed by atoms with E-state index in [0.717, 1.165) is 16.5 Å². The molecule has 0 fully saturated rings. The van der Waals surface area contributed by atoms with Gasteiger partial charge in [-0.3, -0.25) is 0 Å². The van der Waals surface area contributed by atoms with E-state index in [1.165, 1.54) is 10.9 Å². The van der Waals surface area contributed by atoms with Crippen molar-refractivity contribution in [2.45, 2.75) is 0 Å². The molecule has 3 aromatic carbocycles. The van der Waals surface area contributed by atoms with E-state index >= 15 is 0 Å². The molecule has 0 saturated carbocycles. The maximum atomic E-state index is 5.38. The van der Waals surface area contributed by atoms with Crippen molar-refractivity contribution in [3.05, 3.63) is 108 Å². The van der Waals surface area contributed by atoms with Crippen LogP contribution in [0.25, 0.3) is 0 Å². The maximum Gasteiger partial charge on any atom is 0.359 e. The number of fused-ring (bicyclic) bond motifs is 1. The lowest BCUT2D eigenvalue weighted by atomic mass is 9.37. The van der Waals surface area contributed by atoms with Crippen molar-refractivity contribution in [1.82, 2.24) is 0 Å². The molecule has 1 aliphatic heterocycles. The fourth-order valence-corrected chi connectivity index (χ4v) is 4.72. The molecule has 0 bridgehead atoms. The number of benzene rings is 3. The number of anilines is 1. The molecular weight excluding hydrogens is 349 g/mol. The van der Waals surface area contributed by atoms with Crippen LogP contribution < -0.4 is 20.7 Å². The molecule has 0 saturated heterocycles. The van der Waals surface area contributed by atoms with Gasteiger partial charge in [0.05, 0.1) is 6.20 Å². The Morgan fingerprint density at radius 2 is 1.30 bits per heavy atom.